The van der Waals surface area contributed by atoms with Crippen LogP contribution >= 0.6 is 23.5 Å². The number of aliphatic hydroxyl groups is 9. The summed E-state index contributed by atoms with van der Waals surface area (Å²) in [5, 5.41) is 97.4. The van der Waals surface area contributed by atoms with Crippen molar-refractivity contribution in [2.75, 3.05) is 99.4 Å². The van der Waals surface area contributed by atoms with Crippen LogP contribution in [0.2, 0.25) is 0 Å². The normalized spacial score (nSPS) is 27.0. The van der Waals surface area contributed by atoms with Gasteiger partial charge in [0, 0.05) is 86.6 Å². The number of unbranched alkanes of at least 4 members (excludes halogenated alkanes) is 3. The maximum atomic E-state index is 14.1. The first-order chi connectivity index (χ1) is 46.7. The minimum Gasteiger partial charge on any atom is -0.394 e. The SMILES string of the molecule is COP(=O)(O)OC[C@@H]1C[C@@H](OP(=O)(O)OC[C@@H]2C[C@@H](OP(=O)(O)OC[C@@H]3CCCN3C(=O)CCCCOC(OC(CO)[C@@H](C)O)[C@H](CO)NC(C)=O)CN2C(=O)CCCCOC(OC(CO)[C@@H](C)O)[C@H](CO)NC(C)=O)CN1C(=O)CCCCOC1OC(CO)C(O)C(O)C1NC(C)=O. The van der Waals surface area contributed by atoms with Crippen molar-refractivity contribution in [3.05, 3.63) is 0 Å². The molecule has 576 valence electrons. The molecule has 12 unspecified atom stereocenters. The molecule has 4 rings (SSSR count). The fourth-order valence-corrected chi connectivity index (χ4v) is 13.7. The number of carbonyl (C=O) groups is 6. The molecule has 0 spiro atoms. The third-order valence-electron chi connectivity index (χ3n) is 16.5. The number of carbonyl (C=O) groups excluding carboxylic acids is 6. The summed E-state index contributed by atoms with van der Waals surface area (Å²) >= 11 is 0. The fraction of sp³-hybridized carbons (Fsp3) is 0.895. The summed E-state index contributed by atoms with van der Waals surface area (Å²) in [6.45, 7) is 0.587. The van der Waals surface area contributed by atoms with Crippen LogP contribution in [0.4, 0.5) is 0 Å². The second kappa shape index (κ2) is 43.7. The minimum absolute atomic E-state index is 0.0109. The lowest BCUT2D eigenvalue weighted by Gasteiger charge is -2.42. The Morgan fingerprint density at radius 3 is 1.38 bits per heavy atom. The van der Waals surface area contributed by atoms with E-state index in [1.165, 1.54) is 49.3 Å². The van der Waals surface area contributed by atoms with Crippen molar-refractivity contribution in [2.45, 2.75) is 228 Å². The molecule has 0 saturated carbocycles. The number of amides is 6. The number of aliphatic hydroxyl groups excluding tert-OH is 9. The van der Waals surface area contributed by atoms with Crippen molar-refractivity contribution >= 4 is 58.9 Å². The molecule has 0 radical (unpaired) electrons. The number of rotatable bonds is 48. The highest BCUT2D eigenvalue weighted by Gasteiger charge is 2.47. The first kappa shape index (κ1) is 88.0. The van der Waals surface area contributed by atoms with Crippen LogP contribution in [-0.2, 0) is 98.0 Å². The molecule has 0 aromatic heterocycles. The molecule has 99 heavy (non-hydrogen) atoms. The Balaban J connectivity index is 1.43. The molecule has 0 bridgehead atoms. The molecule has 4 fully saturated rings. The summed E-state index contributed by atoms with van der Waals surface area (Å²) in [6.07, 6.45) is -14.3. The van der Waals surface area contributed by atoms with Crippen LogP contribution in [-0.4, -0.2) is 320 Å². The van der Waals surface area contributed by atoms with Gasteiger partial charge in [0.25, 0.3) is 0 Å². The summed E-state index contributed by atoms with van der Waals surface area (Å²) in [5.74, 6) is -3.10. The van der Waals surface area contributed by atoms with Crippen LogP contribution in [0.25, 0.3) is 0 Å². The lowest BCUT2D eigenvalue weighted by molar-refractivity contribution is -0.270. The third kappa shape index (κ3) is 30.3. The fourth-order valence-electron chi connectivity index (χ4n) is 11.4. The van der Waals surface area contributed by atoms with E-state index in [2.05, 4.69) is 20.5 Å². The molecular formula is C57H105N6O33P3. The van der Waals surface area contributed by atoms with Gasteiger partial charge in [-0.15, -0.1) is 0 Å². The van der Waals surface area contributed by atoms with Crippen LogP contribution in [0.5, 0.6) is 0 Å². The zero-order valence-electron chi connectivity index (χ0n) is 56.6. The smallest absolute Gasteiger partial charge is 0.394 e. The first-order valence-electron chi connectivity index (χ1n) is 32.8. The van der Waals surface area contributed by atoms with Crippen LogP contribution in [0, 0.1) is 0 Å². The number of hydrogen-bond donors (Lipinski definition) is 15. The van der Waals surface area contributed by atoms with Gasteiger partial charge in [0.15, 0.2) is 18.9 Å². The highest BCUT2D eigenvalue weighted by Crippen LogP contribution is 2.50. The van der Waals surface area contributed by atoms with E-state index in [9.17, 15) is 103 Å². The van der Waals surface area contributed by atoms with Crippen LogP contribution in [0.3, 0.4) is 0 Å². The first-order valence-corrected chi connectivity index (χ1v) is 37.3. The number of phosphoric acid groups is 3. The number of phosphoric ester groups is 3. The molecule has 6 amide bonds. The average Bonchev–Trinajstić information content (AvgIpc) is 1.39. The third-order valence-corrected chi connectivity index (χ3v) is 19.5. The van der Waals surface area contributed by atoms with E-state index in [1.54, 1.807) is 0 Å². The average molecular weight is 1500 g/mol. The van der Waals surface area contributed by atoms with Gasteiger partial charge in [-0.1, -0.05) is 0 Å². The molecule has 0 aliphatic carbocycles. The molecule has 4 saturated heterocycles. The predicted molar refractivity (Wildman–Crippen MR) is 338 cm³/mol. The van der Waals surface area contributed by atoms with Gasteiger partial charge in [0.2, 0.25) is 35.4 Å². The molecule has 4 aliphatic heterocycles. The van der Waals surface area contributed by atoms with Crippen LogP contribution < -0.4 is 16.0 Å². The van der Waals surface area contributed by atoms with E-state index in [0.717, 1.165) is 7.11 Å². The van der Waals surface area contributed by atoms with Crippen molar-refractivity contribution < 1.29 is 159 Å². The van der Waals surface area contributed by atoms with Crippen LogP contribution in [0.15, 0.2) is 0 Å². The van der Waals surface area contributed by atoms with E-state index in [-0.39, 0.29) is 109 Å². The van der Waals surface area contributed by atoms with Gasteiger partial charge < -0.3 is 120 Å². The zero-order valence-corrected chi connectivity index (χ0v) is 59.3. The van der Waals surface area contributed by atoms with Crippen molar-refractivity contribution in [2.24, 2.45) is 0 Å². The molecule has 0 aromatic carbocycles. The Bertz CT molecular complexity index is 2630. The number of likely N-dealkylation sites (tertiary alicyclic amines) is 3. The molecule has 15 N–H and O–H groups in total. The van der Waals surface area contributed by atoms with Crippen molar-refractivity contribution in [3.8, 4) is 0 Å². The molecule has 4 heterocycles. The Kier molecular flexibility index (Phi) is 38.9. The van der Waals surface area contributed by atoms with E-state index in [1.807, 2.05) is 0 Å². The number of hydrogen-bond acceptors (Lipinski definition) is 30. The van der Waals surface area contributed by atoms with E-state index in [0.29, 0.717) is 19.4 Å². The van der Waals surface area contributed by atoms with Crippen molar-refractivity contribution in [1.82, 2.24) is 30.7 Å². The molecule has 42 heteroatoms. The number of ether oxygens (including phenoxy) is 6. The second-order valence-electron chi connectivity index (χ2n) is 24.5. The monoisotopic (exact) mass is 1490 g/mol. The predicted octanol–water partition coefficient (Wildman–Crippen LogP) is -3.39. The highest BCUT2D eigenvalue weighted by molar-refractivity contribution is 7.47. The van der Waals surface area contributed by atoms with Gasteiger partial charge in [-0.2, -0.15) is 0 Å². The zero-order chi connectivity index (χ0) is 73.8. The Morgan fingerprint density at radius 2 is 0.990 bits per heavy atom. The number of nitrogens with zero attached hydrogens (tertiary/aromatic N) is 3. The van der Waals surface area contributed by atoms with Gasteiger partial charge in [-0.05, 0) is 78.1 Å². The standard InChI is InChI=1S/C57H105N6O33P3/c1-34(69)46(28-66)92-55(44(26-64)58-36(3)71)86-19-10-7-15-49(74)61-18-13-14-39(61)31-90-98(81,82)95-43-23-41(63(25-43)51(76)16-8-11-20-87-56(45(27-65)59-37(4)72)93-47(29-67)35(2)70)33-91-99(83,84)96-42-22-40(32-89-97(79,80)85-6)62(24-42)50(75)17-9-12-21-88-57-52(60-38(5)73)54(78)53(77)48(30-68)94-57/h34-35,39-48,52-57,64-70,77-78H,7-33H2,1-6H3,(H,58,71)(H,59,72)(H,60,73)(H,79,80)(H,81,82)(H,83,84)/t34-,35-,39+,40+,41+,42-,43-,44+,45+,46?,47?,48?,52?,53?,54?,55?,56?,57?/m1/s1. The summed E-state index contributed by atoms with van der Waals surface area (Å²) in [4.78, 5) is 113. The second-order valence-corrected chi connectivity index (χ2v) is 28.9. The van der Waals surface area contributed by atoms with Gasteiger partial charge in [0.1, 0.15) is 48.6 Å². The van der Waals surface area contributed by atoms with E-state index < -0.39 is 216 Å². The highest BCUT2D eigenvalue weighted by atomic mass is 31.2. The Labute approximate surface area is 574 Å². The van der Waals surface area contributed by atoms with Gasteiger partial charge in [0.05, 0.1) is 95.4 Å². The van der Waals surface area contributed by atoms with Gasteiger partial charge in [-0.25, -0.2) is 13.7 Å². The Morgan fingerprint density at radius 1 is 0.566 bits per heavy atom. The van der Waals surface area contributed by atoms with Crippen molar-refractivity contribution in [1.29, 1.82) is 0 Å². The maximum Gasteiger partial charge on any atom is 0.472 e. The van der Waals surface area contributed by atoms with Crippen LogP contribution in [0.1, 0.15) is 118 Å². The molecule has 39 nitrogen and oxygen atoms in total. The lowest BCUT2D eigenvalue weighted by Crippen LogP contribution is -2.64. The van der Waals surface area contributed by atoms with Gasteiger partial charge in [-0.3, -0.25) is 55.9 Å². The van der Waals surface area contributed by atoms with Gasteiger partial charge >= 0.3 is 23.5 Å². The number of nitrogens with one attached hydrogen (secondary N) is 3. The summed E-state index contributed by atoms with van der Waals surface area (Å²) in [5.41, 5.74) is 0. The minimum atomic E-state index is -5.18. The van der Waals surface area contributed by atoms with Crippen molar-refractivity contribution in [3.63, 3.8) is 0 Å². The maximum absolute atomic E-state index is 14.1. The molecule has 4 aliphatic rings. The summed E-state index contributed by atoms with van der Waals surface area (Å²) < 4.78 is 106. The van der Waals surface area contributed by atoms with E-state index in [4.69, 9.17) is 51.0 Å². The van der Waals surface area contributed by atoms with E-state index >= 15 is 0 Å². The Hall–Kier alpha value is -3.45. The lowest BCUT2D eigenvalue weighted by atomic mass is 9.97. The molecule has 21 atom stereocenters. The summed E-state index contributed by atoms with van der Waals surface area (Å²) in [7, 11) is -13.9. The topological polar surface area (TPSA) is 553 Å². The quantitative estimate of drug-likeness (QED) is 0.0160. The summed E-state index contributed by atoms with van der Waals surface area (Å²) in [6, 6.07) is -6.25. The molecule has 0 aromatic rings. The molecular weight excluding hydrogens is 1390 g/mol. The largest absolute Gasteiger partial charge is 0.472 e.